The van der Waals surface area contributed by atoms with Crippen LogP contribution in [0.5, 0.6) is 0 Å². The third kappa shape index (κ3) is 3.73. The normalized spacial score (nSPS) is 22.5. The number of aromatic nitrogens is 2. The second-order valence-corrected chi connectivity index (χ2v) is 12.3. The standard InChI is InChI=1S/C27H27FIN2O3/c1-26(2)21-13-29-15-27(26,16-34-14-17-8-10-18(11-9-17)25(32)33-3)24-20(21)12-23(30-31-24)19-6-4-5-7-22(19)28/h4-12,21H,13-16H2,1-3H3/q-1/t21-,27-/m1/s1. The van der Waals surface area contributed by atoms with Crippen LogP contribution in [0.1, 0.15) is 46.9 Å². The molecule has 2 bridgehead atoms. The van der Waals surface area contributed by atoms with Crippen LogP contribution in [-0.4, -0.2) is 38.7 Å². The Balaban J connectivity index is 1.41. The van der Waals surface area contributed by atoms with E-state index in [1.54, 1.807) is 24.3 Å². The minimum atomic E-state index is -0.346. The molecule has 0 spiro atoms. The van der Waals surface area contributed by atoms with E-state index in [0.717, 1.165) is 15.7 Å². The van der Waals surface area contributed by atoms with Crippen molar-refractivity contribution in [2.24, 2.45) is 5.41 Å². The van der Waals surface area contributed by atoms with Gasteiger partial charge in [0.25, 0.3) is 0 Å². The molecule has 1 aromatic heterocycles. The summed E-state index contributed by atoms with van der Waals surface area (Å²) in [6.45, 7) is 5.66. The Kier molecular flexibility index (Phi) is 6.18. The SMILES string of the molecule is COC(=O)c1ccc(COC[C@]23C[I-]C[C@H](c4cc(-c5ccccc5F)nnc42)C3(C)C)cc1. The molecule has 34 heavy (non-hydrogen) atoms. The van der Waals surface area contributed by atoms with Crippen LogP contribution in [0.25, 0.3) is 11.3 Å². The molecule has 0 unspecified atom stereocenters. The van der Waals surface area contributed by atoms with Crippen LogP contribution in [0.2, 0.25) is 0 Å². The van der Waals surface area contributed by atoms with Crippen LogP contribution >= 0.6 is 0 Å². The summed E-state index contributed by atoms with van der Waals surface area (Å²) < 4.78 is 27.8. The Morgan fingerprint density at radius 3 is 2.65 bits per heavy atom. The summed E-state index contributed by atoms with van der Waals surface area (Å²) in [6.07, 6.45) is 0. The topological polar surface area (TPSA) is 61.3 Å². The van der Waals surface area contributed by atoms with Gasteiger partial charge < -0.3 is 0 Å². The molecular formula is C27H27FIN2O3-. The first-order valence-electron chi connectivity index (χ1n) is 11.3. The number of alkyl halides is 2. The van der Waals surface area contributed by atoms with E-state index in [4.69, 9.17) is 14.6 Å². The molecule has 0 N–H and O–H groups in total. The van der Waals surface area contributed by atoms with Crippen LogP contribution in [0.4, 0.5) is 4.39 Å². The summed E-state index contributed by atoms with van der Waals surface area (Å²) in [5.74, 6) is -0.241. The summed E-state index contributed by atoms with van der Waals surface area (Å²) >= 11 is 0.00771. The van der Waals surface area contributed by atoms with Crippen LogP contribution in [-0.2, 0) is 21.5 Å². The van der Waals surface area contributed by atoms with Gasteiger partial charge in [-0.3, -0.25) is 0 Å². The van der Waals surface area contributed by atoms with Gasteiger partial charge in [-0.2, -0.15) is 0 Å². The summed E-state index contributed by atoms with van der Waals surface area (Å²) in [5, 5.41) is 9.20. The fraction of sp³-hybridized carbons (Fsp3) is 0.370. The van der Waals surface area contributed by atoms with Crippen molar-refractivity contribution in [1.29, 1.82) is 0 Å². The van der Waals surface area contributed by atoms with Gasteiger partial charge >= 0.3 is 210 Å². The molecule has 1 saturated heterocycles. The molecule has 5 nitrogen and oxygen atoms in total. The van der Waals surface area contributed by atoms with E-state index in [1.807, 2.05) is 18.2 Å². The molecule has 3 aromatic rings. The van der Waals surface area contributed by atoms with Crippen molar-refractivity contribution < 1.29 is 39.9 Å². The van der Waals surface area contributed by atoms with Gasteiger partial charge in [-0.05, 0) is 0 Å². The molecule has 2 atom stereocenters. The molecule has 0 amide bonds. The Labute approximate surface area is 209 Å². The quantitative estimate of drug-likeness (QED) is 0.256. The first-order chi connectivity index (χ1) is 16.4. The van der Waals surface area contributed by atoms with Gasteiger partial charge in [-0.1, -0.05) is 0 Å². The van der Waals surface area contributed by atoms with Crippen LogP contribution in [0, 0.1) is 11.2 Å². The van der Waals surface area contributed by atoms with Crippen molar-refractivity contribution in [1.82, 2.24) is 10.2 Å². The zero-order valence-electron chi connectivity index (χ0n) is 19.5. The Morgan fingerprint density at radius 1 is 1.15 bits per heavy atom. The van der Waals surface area contributed by atoms with E-state index >= 15 is 0 Å². The molecule has 0 radical (unpaired) electrons. The van der Waals surface area contributed by atoms with E-state index in [2.05, 4.69) is 25.0 Å². The number of hydrogen-bond donors (Lipinski definition) is 0. The summed E-state index contributed by atoms with van der Waals surface area (Å²) in [4.78, 5) is 11.7. The van der Waals surface area contributed by atoms with Crippen molar-refractivity contribution in [3.05, 3.63) is 82.8 Å². The Bertz CT molecular complexity index is 1230. The van der Waals surface area contributed by atoms with Crippen molar-refractivity contribution in [2.75, 3.05) is 22.6 Å². The van der Waals surface area contributed by atoms with Gasteiger partial charge in [0.2, 0.25) is 0 Å². The number of fused-ring (bicyclic) bond motifs is 5. The van der Waals surface area contributed by atoms with Gasteiger partial charge in [0.05, 0.1) is 0 Å². The molecule has 1 aliphatic heterocycles. The molecule has 2 aromatic carbocycles. The van der Waals surface area contributed by atoms with Gasteiger partial charge in [0.1, 0.15) is 0 Å². The minimum absolute atomic E-state index is 0.00771. The first kappa shape index (κ1) is 23.4. The zero-order valence-corrected chi connectivity index (χ0v) is 21.6. The van der Waals surface area contributed by atoms with Gasteiger partial charge in [0.15, 0.2) is 0 Å². The molecule has 1 aliphatic carbocycles. The number of rotatable bonds is 6. The van der Waals surface area contributed by atoms with Gasteiger partial charge in [-0.25, -0.2) is 0 Å². The van der Waals surface area contributed by atoms with E-state index < -0.39 is 0 Å². The number of methoxy groups -OCH3 is 1. The Hall–Kier alpha value is -2.39. The average molecular weight is 573 g/mol. The fourth-order valence-corrected chi connectivity index (χ4v) is 10.2. The number of hydrogen-bond acceptors (Lipinski definition) is 5. The molecule has 5 rings (SSSR count). The molecule has 7 heteroatoms. The molecular weight excluding hydrogens is 546 g/mol. The van der Waals surface area contributed by atoms with E-state index in [9.17, 15) is 9.18 Å². The van der Waals surface area contributed by atoms with Crippen LogP contribution in [0.3, 0.4) is 0 Å². The summed E-state index contributed by atoms with van der Waals surface area (Å²) in [7, 11) is 1.38. The van der Waals surface area contributed by atoms with Crippen LogP contribution in [0.15, 0.2) is 54.6 Å². The third-order valence-electron chi connectivity index (χ3n) is 7.48. The third-order valence-corrected chi connectivity index (χ3v) is 10.8. The van der Waals surface area contributed by atoms with E-state index in [-0.39, 0.29) is 43.8 Å². The van der Waals surface area contributed by atoms with Gasteiger partial charge in [-0.15, -0.1) is 0 Å². The molecule has 2 aliphatic rings. The maximum absolute atomic E-state index is 14.4. The number of halogens is 2. The number of nitrogens with zero attached hydrogens (tertiary/aromatic N) is 2. The zero-order chi connectivity index (χ0) is 23.9. The van der Waals surface area contributed by atoms with E-state index in [1.165, 1.54) is 23.2 Å². The molecule has 2 heterocycles. The second kappa shape index (κ2) is 9.00. The fourth-order valence-electron chi connectivity index (χ4n) is 5.20. The van der Waals surface area contributed by atoms with Crippen LogP contribution < -0.4 is 21.2 Å². The molecule has 178 valence electrons. The van der Waals surface area contributed by atoms with Crippen molar-refractivity contribution in [3.63, 3.8) is 0 Å². The molecule has 1 fully saturated rings. The maximum atomic E-state index is 14.4. The molecule has 0 saturated carbocycles. The van der Waals surface area contributed by atoms with E-state index in [0.29, 0.717) is 36.0 Å². The number of carbonyl (C=O) groups excluding carboxylic acids is 1. The monoisotopic (exact) mass is 573 g/mol. The number of esters is 1. The summed E-state index contributed by atoms with van der Waals surface area (Å²) in [5.41, 5.74) is 4.64. The predicted molar refractivity (Wildman–Crippen MR) is 123 cm³/mol. The average Bonchev–Trinajstić information content (AvgIpc) is 2.94. The van der Waals surface area contributed by atoms with Crippen molar-refractivity contribution in [3.8, 4) is 11.3 Å². The second-order valence-electron chi connectivity index (χ2n) is 9.53. The Morgan fingerprint density at radius 2 is 1.91 bits per heavy atom. The number of carbonyl (C=O) groups is 1. The number of ether oxygens (including phenoxy) is 2. The van der Waals surface area contributed by atoms with Crippen molar-refractivity contribution in [2.45, 2.75) is 31.8 Å². The first-order valence-corrected chi connectivity index (χ1v) is 14.3. The number of benzene rings is 2. The van der Waals surface area contributed by atoms with Crippen molar-refractivity contribution >= 4 is 5.97 Å². The summed E-state index contributed by atoms with van der Waals surface area (Å²) in [6, 6.07) is 16.1. The van der Waals surface area contributed by atoms with Gasteiger partial charge in [0, 0.05) is 0 Å². The predicted octanol–water partition coefficient (Wildman–Crippen LogP) is 1.75.